The number of terminal acetylenes is 1. The lowest BCUT2D eigenvalue weighted by atomic mass is 9.97. The highest BCUT2D eigenvalue weighted by atomic mass is 35.5. The molecule has 0 aliphatic heterocycles. The molecule has 0 fully saturated rings. The van der Waals surface area contributed by atoms with Gasteiger partial charge in [0.2, 0.25) is 11.6 Å². The van der Waals surface area contributed by atoms with Crippen molar-refractivity contribution in [1.29, 1.82) is 0 Å². The Labute approximate surface area is 103 Å². The molecule has 1 heterocycles. The Balaban J connectivity index is 2.51. The fourth-order valence-electron chi connectivity index (χ4n) is 1.52. The number of carbonyl (C=O) groups excluding carboxylic acids is 2. The monoisotopic (exact) mass is 246 g/mol. The third-order valence-electron chi connectivity index (χ3n) is 2.28. The molecule has 1 N–H and O–H groups in total. The van der Waals surface area contributed by atoms with Crippen LogP contribution in [0.4, 0.5) is 0 Å². The van der Waals surface area contributed by atoms with Crippen LogP contribution >= 0.6 is 11.6 Å². The van der Waals surface area contributed by atoms with Crippen LogP contribution in [0.3, 0.4) is 0 Å². The molecule has 0 bridgehead atoms. The van der Waals surface area contributed by atoms with Gasteiger partial charge in [-0.25, -0.2) is 0 Å². The highest BCUT2D eigenvalue weighted by molar-refractivity contribution is 6.49. The van der Waals surface area contributed by atoms with E-state index in [4.69, 9.17) is 18.0 Å². The minimum atomic E-state index is -0.422. The Morgan fingerprint density at radius 2 is 2.18 bits per heavy atom. The molecular formula is C12H7ClN2O2. The first-order valence-corrected chi connectivity index (χ1v) is 5.16. The van der Waals surface area contributed by atoms with Crippen molar-refractivity contribution in [2.75, 3.05) is 6.54 Å². The Hall–Kier alpha value is -2.12. The van der Waals surface area contributed by atoms with Crippen LogP contribution in [-0.2, 0) is 0 Å². The van der Waals surface area contributed by atoms with E-state index in [1.165, 1.54) is 12.3 Å². The summed E-state index contributed by atoms with van der Waals surface area (Å²) in [5.41, 5.74) is 0.330. The molecule has 1 aliphatic carbocycles. The Morgan fingerprint density at radius 1 is 1.41 bits per heavy atom. The van der Waals surface area contributed by atoms with Crippen molar-refractivity contribution in [3.63, 3.8) is 0 Å². The lowest BCUT2D eigenvalue weighted by Crippen LogP contribution is -2.30. The van der Waals surface area contributed by atoms with E-state index in [1.54, 1.807) is 6.07 Å². The lowest BCUT2D eigenvalue weighted by Gasteiger charge is -2.16. The first-order valence-electron chi connectivity index (χ1n) is 4.78. The van der Waals surface area contributed by atoms with Gasteiger partial charge in [0.05, 0.1) is 12.1 Å². The summed E-state index contributed by atoms with van der Waals surface area (Å²) in [6, 6.07) is 3.09. The summed E-state index contributed by atoms with van der Waals surface area (Å²) in [6.07, 6.45) is 6.52. The maximum atomic E-state index is 12.0. The largest absolute Gasteiger partial charge is 0.370 e. The van der Waals surface area contributed by atoms with Gasteiger partial charge in [0.25, 0.3) is 0 Å². The SMILES string of the molecule is C#CCNC1=C(Cl)C(=O)c2cccnc2C1=O. The van der Waals surface area contributed by atoms with Crippen LogP contribution in [0, 0.1) is 12.3 Å². The number of nitrogens with one attached hydrogen (secondary N) is 1. The second-order valence-electron chi connectivity index (χ2n) is 3.30. The Bertz CT molecular complexity index is 584. The molecular weight excluding hydrogens is 240 g/mol. The number of carbonyl (C=O) groups is 2. The van der Waals surface area contributed by atoms with Gasteiger partial charge in [-0.3, -0.25) is 14.6 Å². The average molecular weight is 247 g/mol. The number of nitrogens with zero attached hydrogens (tertiary/aromatic N) is 1. The van der Waals surface area contributed by atoms with Gasteiger partial charge >= 0.3 is 0 Å². The van der Waals surface area contributed by atoms with Crippen molar-refractivity contribution < 1.29 is 9.59 Å². The van der Waals surface area contributed by atoms with Gasteiger partial charge < -0.3 is 5.32 Å². The molecule has 0 atom stereocenters. The van der Waals surface area contributed by atoms with Gasteiger partial charge in [0.15, 0.2) is 0 Å². The molecule has 5 heteroatoms. The second kappa shape index (κ2) is 4.40. The van der Waals surface area contributed by atoms with Crippen molar-refractivity contribution >= 4 is 23.2 Å². The Morgan fingerprint density at radius 3 is 2.88 bits per heavy atom. The summed E-state index contributed by atoms with van der Waals surface area (Å²) in [4.78, 5) is 27.7. The van der Waals surface area contributed by atoms with Crippen LogP contribution in [0.2, 0.25) is 0 Å². The lowest BCUT2D eigenvalue weighted by molar-refractivity contribution is 0.0971. The van der Waals surface area contributed by atoms with Crippen LogP contribution in [-0.4, -0.2) is 23.1 Å². The third-order valence-corrected chi connectivity index (χ3v) is 2.64. The molecule has 0 amide bonds. The zero-order chi connectivity index (χ0) is 12.4. The van der Waals surface area contributed by atoms with E-state index in [2.05, 4.69) is 16.2 Å². The summed E-state index contributed by atoms with van der Waals surface area (Å²) in [5, 5.41) is 2.50. The molecule has 0 radical (unpaired) electrons. The normalized spacial score (nSPS) is 14.4. The van der Waals surface area contributed by atoms with Crippen LogP contribution < -0.4 is 5.32 Å². The first-order chi connectivity index (χ1) is 8.16. The summed E-state index contributed by atoms with van der Waals surface area (Å²) < 4.78 is 0. The molecule has 0 spiro atoms. The van der Waals surface area contributed by atoms with Crippen molar-refractivity contribution in [3.05, 3.63) is 40.3 Å². The zero-order valence-corrected chi connectivity index (χ0v) is 9.41. The molecule has 84 valence electrons. The fraction of sp³-hybridized carbons (Fsp3) is 0.0833. The maximum absolute atomic E-state index is 12.0. The molecule has 0 saturated carbocycles. The summed E-state index contributed by atoms with van der Waals surface area (Å²) in [7, 11) is 0. The summed E-state index contributed by atoms with van der Waals surface area (Å²) in [5.74, 6) is 1.47. The van der Waals surface area contributed by atoms with Gasteiger partial charge in [0, 0.05) is 6.20 Å². The molecule has 1 aromatic rings. The number of hydrogen-bond acceptors (Lipinski definition) is 4. The standard InChI is InChI=1S/C12H7ClN2O2/c1-2-5-14-10-8(13)11(16)7-4-3-6-15-9(7)12(10)17/h1,3-4,6,14H,5H2. The van der Waals surface area contributed by atoms with E-state index in [0.717, 1.165) is 0 Å². The van der Waals surface area contributed by atoms with E-state index in [0.29, 0.717) is 0 Å². The van der Waals surface area contributed by atoms with Crippen LogP contribution in [0.15, 0.2) is 29.1 Å². The molecule has 4 nitrogen and oxygen atoms in total. The number of allylic oxidation sites excluding steroid dienone is 2. The first kappa shape index (κ1) is 11.4. The van der Waals surface area contributed by atoms with Gasteiger partial charge in [-0.2, -0.15) is 0 Å². The average Bonchev–Trinajstić information content (AvgIpc) is 2.36. The smallest absolute Gasteiger partial charge is 0.229 e. The topological polar surface area (TPSA) is 59.1 Å². The van der Waals surface area contributed by atoms with Crippen LogP contribution in [0.1, 0.15) is 20.8 Å². The Kier molecular flexibility index (Phi) is 2.94. The van der Waals surface area contributed by atoms with Gasteiger partial charge in [-0.15, -0.1) is 6.42 Å². The number of aromatic nitrogens is 1. The number of Topliss-reactive ketones (excluding diaryl/α,β-unsaturated/α-hetero) is 2. The molecule has 1 aliphatic rings. The number of rotatable bonds is 2. The van der Waals surface area contributed by atoms with E-state index < -0.39 is 11.6 Å². The quantitative estimate of drug-likeness (QED) is 0.795. The van der Waals surface area contributed by atoms with Crippen molar-refractivity contribution in [1.82, 2.24) is 10.3 Å². The molecule has 0 unspecified atom stereocenters. The molecule has 2 rings (SSSR count). The fourth-order valence-corrected chi connectivity index (χ4v) is 1.77. The second-order valence-corrected chi connectivity index (χ2v) is 3.68. The van der Waals surface area contributed by atoms with E-state index in [9.17, 15) is 9.59 Å². The van der Waals surface area contributed by atoms with Gasteiger partial charge in [0.1, 0.15) is 16.4 Å². The number of pyridine rings is 1. The predicted octanol–water partition coefficient (Wildman–Crippen LogP) is 1.13. The minimum Gasteiger partial charge on any atom is -0.370 e. The van der Waals surface area contributed by atoms with Crippen molar-refractivity contribution in [3.8, 4) is 12.3 Å². The number of ketones is 2. The van der Waals surface area contributed by atoms with E-state index >= 15 is 0 Å². The molecule has 17 heavy (non-hydrogen) atoms. The predicted molar refractivity (Wildman–Crippen MR) is 62.6 cm³/mol. The highest BCUT2D eigenvalue weighted by Gasteiger charge is 2.32. The van der Waals surface area contributed by atoms with Gasteiger partial charge in [-0.1, -0.05) is 17.5 Å². The van der Waals surface area contributed by atoms with E-state index in [1.807, 2.05) is 0 Å². The summed E-state index contributed by atoms with van der Waals surface area (Å²) in [6.45, 7) is 0.118. The number of halogens is 1. The van der Waals surface area contributed by atoms with Crippen molar-refractivity contribution in [2.45, 2.75) is 0 Å². The highest BCUT2D eigenvalue weighted by Crippen LogP contribution is 2.25. The van der Waals surface area contributed by atoms with Crippen molar-refractivity contribution in [2.24, 2.45) is 0 Å². The zero-order valence-electron chi connectivity index (χ0n) is 8.66. The minimum absolute atomic E-state index is 0.0146. The van der Waals surface area contributed by atoms with Crippen LogP contribution in [0.5, 0.6) is 0 Å². The third kappa shape index (κ3) is 1.81. The van der Waals surface area contributed by atoms with Crippen LogP contribution in [0.25, 0.3) is 0 Å². The number of fused-ring (bicyclic) bond motifs is 1. The van der Waals surface area contributed by atoms with Gasteiger partial charge in [-0.05, 0) is 12.1 Å². The molecule has 1 aromatic heterocycles. The van der Waals surface area contributed by atoms with E-state index in [-0.39, 0.29) is 28.5 Å². The number of hydrogen-bond donors (Lipinski definition) is 1. The summed E-state index contributed by atoms with van der Waals surface area (Å²) >= 11 is 5.84. The molecule has 0 aromatic carbocycles. The molecule has 0 saturated heterocycles. The maximum Gasteiger partial charge on any atom is 0.229 e.